The van der Waals surface area contributed by atoms with Crippen LogP contribution in [0.25, 0.3) is 0 Å². The third kappa shape index (κ3) is 3.69. The predicted octanol–water partition coefficient (Wildman–Crippen LogP) is 3.67. The number of carbonyl (C=O) groups is 1. The van der Waals surface area contributed by atoms with Crippen molar-refractivity contribution in [1.82, 2.24) is 5.32 Å². The van der Waals surface area contributed by atoms with Gasteiger partial charge in [0.15, 0.2) is 11.5 Å². The van der Waals surface area contributed by atoms with E-state index in [4.69, 9.17) is 14.2 Å². The van der Waals surface area contributed by atoms with E-state index in [9.17, 15) is 9.90 Å². The number of hydrogen-bond acceptors (Lipinski definition) is 5. The fraction of sp³-hybridized carbons (Fsp3) is 0.286. The Morgan fingerprint density at radius 1 is 1.11 bits per heavy atom. The quantitative estimate of drug-likeness (QED) is 0.789. The van der Waals surface area contributed by atoms with E-state index >= 15 is 0 Å². The van der Waals surface area contributed by atoms with E-state index in [1.165, 1.54) is 0 Å². The van der Waals surface area contributed by atoms with Crippen LogP contribution in [-0.2, 0) is 6.42 Å². The van der Waals surface area contributed by atoms with Crippen LogP contribution in [0.1, 0.15) is 40.4 Å². The summed E-state index contributed by atoms with van der Waals surface area (Å²) in [5.74, 6) is 1.75. The highest BCUT2D eigenvalue weighted by atomic mass is 16.7. The minimum Gasteiger partial charge on any atom is -0.513 e. The van der Waals surface area contributed by atoms with Crippen LogP contribution in [0.15, 0.2) is 48.7 Å². The smallest absolute Gasteiger partial charge is 0.251 e. The Labute approximate surface area is 157 Å². The minimum absolute atomic E-state index is 0.00428. The number of aliphatic hydroxyl groups is 1. The van der Waals surface area contributed by atoms with E-state index in [1.54, 1.807) is 18.2 Å². The molecule has 6 heteroatoms. The number of aryl methyl sites for hydroxylation is 1. The van der Waals surface area contributed by atoms with Gasteiger partial charge in [-0.2, -0.15) is 0 Å². The third-order valence-electron chi connectivity index (χ3n) is 4.72. The van der Waals surface area contributed by atoms with Crippen molar-refractivity contribution in [3.05, 3.63) is 65.4 Å². The van der Waals surface area contributed by atoms with Gasteiger partial charge in [0.05, 0.1) is 18.4 Å². The van der Waals surface area contributed by atoms with Crippen LogP contribution >= 0.6 is 0 Å². The van der Waals surface area contributed by atoms with Gasteiger partial charge >= 0.3 is 0 Å². The first-order chi connectivity index (χ1) is 13.1. The third-order valence-corrected chi connectivity index (χ3v) is 4.72. The van der Waals surface area contributed by atoms with Gasteiger partial charge in [-0.1, -0.05) is 18.7 Å². The topological polar surface area (TPSA) is 77.0 Å². The molecule has 0 saturated carbocycles. The average molecular weight is 367 g/mol. The van der Waals surface area contributed by atoms with E-state index in [0.29, 0.717) is 23.7 Å². The molecule has 2 aromatic carbocycles. The zero-order chi connectivity index (χ0) is 18.8. The molecule has 2 aromatic rings. The van der Waals surface area contributed by atoms with E-state index < -0.39 is 6.04 Å². The number of amides is 1. The lowest BCUT2D eigenvalue weighted by Gasteiger charge is -2.23. The van der Waals surface area contributed by atoms with Gasteiger partial charge in [-0.3, -0.25) is 4.79 Å². The summed E-state index contributed by atoms with van der Waals surface area (Å²) < 4.78 is 16.3. The van der Waals surface area contributed by atoms with Gasteiger partial charge < -0.3 is 24.6 Å². The monoisotopic (exact) mass is 367 g/mol. The Balaban J connectivity index is 1.57. The van der Waals surface area contributed by atoms with Crippen LogP contribution in [0.4, 0.5) is 0 Å². The fourth-order valence-corrected chi connectivity index (χ4v) is 3.34. The summed E-state index contributed by atoms with van der Waals surface area (Å²) in [6.07, 6.45) is 2.20. The van der Waals surface area contributed by atoms with Crippen molar-refractivity contribution < 1.29 is 24.1 Å². The average Bonchev–Trinajstić information content (AvgIpc) is 3.14. The maximum atomic E-state index is 12.7. The Kier molecular flexibility index (Phi) is 4.62. The number of benzene rings is 2. The summed E-state index contributed by atoms with van der Waals surface area (Å²) in [5, 5.41) is 12.7. The molecule has 0 fully saturated rings. The molecule has 6 nitrogen and oxygen atoms in total. The number of hydrogen-bond donors (Lipinski definition) is 2. The molecule has 27 heavy (non-hydrogen) atoms. The van der Waals surface area contributed by atoms with Crippen molar-refractivity contribution in [3.63, 3.8) is 0 Å². The van der Waals surface area contributed by atoms with E-state index in [-0.39, 0.29) is 24.9 Å². The molecule has 1 atom stereocenters. The summed E-state index contributed by atoms with van der Waals surface area (Å²) in [6, 6.07) is 10.5. The zero-order valence-electron chi connectivity index (χ0n) is 14.9. The van der Waals surface area contributed by atoms with Crippen LogP contribution in [0.3, 0.4) is 0 Å². The number of carbonyl (C=O) groups excluding carboxylic acids is 1. The van der Waals surface area contributed by atoms with Crippen molar-refractivity contribution in [2.45, 2.75) is 25.3 Å². The molecule has 0 bridgehead atoms. The van der Waals surface area contributed by atoms with Gasteiger partial charge in [-0.15, -0.1) is 0 Å². The first-order valence-electron chi connectivity index (χ1n) is 8.93. The maximum Gasteiger partial charge on any atom is 0.251 e. The van der Waals surface area contributed by atoms with Gasteiger partial charge in [-0.25, -0.2) is 0 Å². The highest BCUT2D eigenvalue weighted by molar-refractivity contribution is 5.95. The van der Waals surface area contributed by atoms with Crippen LogP contribution in [-0.4, -0.2) is 24.4 Å². The highest BCUT2D eigenvalue weighted by Gasteiger charge is 2.21. The Morgan fingerprint density at radius 2 is 1.96 bits per heavy atom. The molecule has 4 rings (SSSR count). The Hall–Kier alpha value is -3.15. The van der Waals surface area contributed by atoms with Crippen LogP contribution in [0, 0.1) is 0 Å². The highest BCUT2D eigenvalue weighted by Crippen LogP contribution is 2.33. The molecule has 2 aliphatic rings. The molecule has 2 N–H and O–H groups in total. The lowest BCUT2D eigenvalue weighted by Crippen LogP contribution is -2.29. The van der Waals surface area contributed by atoms with Crippen molar-refractivity contribution in [2.24, 2.45) is 0 Å². The molecule has 0 saturated heterocycles. The largest absolute Gasteiger partial charge is 0.513 e. The summed E-state index contributed by atoms with van der Waals surface area (Å²) in [4.78, 5) is 12.7. The second-order valence-electron chi connectivity index (χ2n) is 6.68. The van der Waals surface area contributed by atoms with Crippen molar-refractivity contribution in [1.29, 1.82) is 0 Å². The molecule has 0 radical (unpaired) electrons. The molecule has 0 spiro atoms. The second-order valence-corrected chi connectivity index (χ2v) is 6.68. The van der Waals surface area contributed by atoms with E-state index in [0.717, 1.165) is 29.7 Å². The summed E-state index contributed by atoms with van der Waals surface area (Å²) >= 11 is 0. The standard InChI is InChI=1S/C21H21NO5/c1-13(23)9-17(15-5-4-14-3-2-8-25-19(14)10-15)22-21(24)16-6-7-18-20(11-16)27-12-26-18/h4-7,10-11,17,23H,1-3,8-9,12H2,(H,22,24). The van der Waals surface area contributed by atoms with Gasteiger partial charge in [-0.05, 0) is 48.2 Å². The zero-order valence-corrected chi connectivity index (χ0v) is 14.9. The summed E-state index contributed by atoms with van der Waals surface area (Å²) in [5.41, 5.74) is 2.48. The number of nitrogens with one attached hydrogen (secondary N) is 1. The summed E-state index contributed by atoms with van der Waals surface area (Å²) in [7, 11) is 0. The molecule has 1 unspecified atom stereocenters. The van der Waals surface area contributed by atoms with E-state index in [1.807, 2.05) is 18.2 Å². The molecule has 140 valence electrons. The molecular weight excluding hydrogens is 346 g/mol. The molecule has 0 aromatic heterocycles. The second kappa shape index (κ2) is 7.23. The van der Waals surface area contributed by atoms with E-state index in [2.05, 4.69) is 11.9 Å². The number of aliphatic hydroxyl groups excluding tert-OH is 1. The molecule has 2 heterocycles. The fourth-order valence-electron chi connectivity index (χ4n) is 3.34. The predicted molar refractivity (Wildman–Crippen MR) is 99.4 cm³/mol. The van der Waals surface area contributed by atoms with Crippen molar-refractivity contribution >= 4 is 5.91 Å². The lowest BCUT2D eigenvalue weighted by atomic mass is 9.97. The number of ether oxygens (including phenoxy) is 3. The first-order valence-corrected chi connectivity index (χ1v) is 8.93. The van der Waals surface area contributed by atoms with Gasteiger partial charge in [0.25, 0.3) is 5.91 Å². The first kappa shape index (κ1) is 17.3. The Bertz CT molecular complexity index is 892. The molecular formula is C21H21NO5. The van der Waals surface area contributed by atoms with Gasteiger partial charge in [0.1, 0.15) is 5.75 Å². The van der Waals surface area contributed by atoms with Crippen LogP contribution < -0.4 is 19.5 Å². The van der Waals surface area contributed by atoms with Crippen molar-refractivity contribution in [2.75, 3.05) is 13.4 Å². The van der Waals surface area contributed by atoms with Crippen LogP contribution in [0.2, 0.25) is 0 Å². The molecule has 0 aliphatic carbocycles. The van der Waals surface area contributed by atoms with Crippen molar-refractivity contribution in [3.8, 4) is 17.2 Å². The normalized spacial score (nSPS) is 15.4. The number of fused-ring (bicyclic) bond motifs is 2. The number of rotatable bonds is 5. The van der Waals surface area contributed by atoms with Gasteiger partial charge in [0.2, 0.25) is 6.79 Å². The lowest BCUT2D eigenvalue weighted by molar-refractivity contribution is 0.0934. The molecule has 2 aliphatic heterocycles. The maximum absolute atomic E-state index is 12.7. The SMILES string of the molecule is C=C(O)CC(NC(=O)c1ccc2c(c1)OCO2)c1ccc2c(c1)OCCC2. The van der Waals surface area contributed by atoms with Gasteiger partial charge in [0, 0.05) is 12.0 Å². The Morgan fingerprint density at radius 3 is 2.81 bits per heavy atom. The molecule has 1 amide bonds. The summed E-state index contributed by atoms with van der Waals surface area (Å²) in [6.45, 7) is 4.42. The minimum atomic E-state index is -0.420. The van der Waals surface area contributed by atoms with Crippen LogP contribution in [0.5, 0.6) is 17.2 Å².